The molecule has 5 nitrogen and oxygen atoms in total. The Balaban J connectivity index is 1.50. The molecule has 0 spiro atoms. The topological polar surface area (TPSA) is 53.0 Å². The van der Waals surface area contributed by atoms with E-state index in [0.29, 0.717) is 13.0 Å². The molecule has 1 N–H and O–H groups in total. The van der Waals surface area contributed by atoms with Crippen molar-refractivity contribution < 1.29 is 14.6 Å². The van der Waals surface area contributed by atoms with Crippen LogP contribution < -0.4 is 4.90 Å². The molecule has 0 radical (unpaired) electrons. The number of aliphatic hydroxyl groups excluding tert-OH is 1. The zero-order chi connectivity index (χ0) is 18.1. The van der Waals surface area contributed by atoms with E-state index >= 15 is 0 Å². The van der Waals surface area contributed by atoms with E-state index < -0.39 is 0 Å². The van der Waals surface area contributed by atoms with E-state index in [2.05, 4.69) is 17.0 Å². The number of nitrogens with zero attached hydrogens (tertiary/aromatic N) is 2. The van der Waals surface area contributed by atoms with Crippen LogP contribution in [0.25, 0.3) is 0 Å². The zero-order valence-electron chi connectivity index (χ0n) is 15.7. The summed E-state index contributed by atoms with van der Waals surface area (Å²) in [5, 5.41) is 10.1. The Kier molecular flexibility index (Phi) is 4.93. The summed E-state index contributed by atoms with van der Waals surface area (Å²) in [6.45, 7) is 2.92. The molecule has 1 amide bonds. The van der Waals surface area contributed by atoms with Crippen LogP contribution in [0.2, 0.25) is 0 Å². The third-order valence-electron chi connectivity index (χ3n) is 6.66. The second-order valence-corrected chi connectivity index (χ2v) is 8.06. The molecular formula is C21H30N2O3. The molecule has 3 fully saturated rings. The van der Waals surface area contributed by atoms with Crippen LogP contribution in [0.15, 0.2) is 24.3 Å². The van der Waals surface area contributed by atoms with Crippen molar-refractivity contribution in [2.75, 3.05) is 31.6 Å². The molecule has 2 aliphatic heterocycles. The molecular weight excluding hydrogens is 328 g/mol. The van der Waals surface area contributed by atoms with Crippen molar-refractivity contribution in [2.24, 2.45) is 0 Å². The van der Waals surface area contributed by atoms with Crippen molar-refractivity contribution in [3.63, 3.8) is 0 Å². The van der Waals surface area contributed by atoms with Gasteiger partial charge in [-0.05, 0) is 69.2 Å². The number of anilines is 1. The molecule has 0 aromatic heterocycles. The van der Waals surface area contributed by atoms with Crippen molar-refractivity contribution in [2.45, 2.75) is 62.7 Å². The van der Waals surface area contributed by atoms with Crippen LogP contribution in [0.5, 0.6) is 0 Å². The summed E-state index contributed by atoms with van der Waals surface area (Å²) in [6, 6.07) is 8.05. The van der Waals surface area contributed by atoms with Gasteiger partial charge in [-0.3, -0.25) is 4.79 Å². The predicted octanol–water partition coefficient (Wildman–Crippen LogP) is 2.82. The molecule has 4 rings (SSSR count). The normalized spacial score (nSPS) is 31.8. The first-order valence-electron chi connectivity index (χ1n) is 10.0. The van der Waals surface area contributed by atoms with E-state index in [1.54, 1.807) is 7.11 Å². The number of carbonyl (C=O) groups is 1. The molecule has 2 saturated heterocycles. The number of hydrogen-bond acceptors (Lipinski definition) is 4. The highest BCUT2D eigenvalue weighted by Gasteiger charge is 2.52. The Labute approximate surface area is 155 Å². The molecule has 2 heterocycles. The maximum absolute atomic E-state index is 13.1. The average molecular weight is 358 g/mol. The molecule has 1 aromatic rings. The number of methoxy groups -OCH3 is 1. The molecule has 3 aliphatic rings. The number of piperidine rings is 1. The maximum Gasteiger partial charge on any atom is 0.254 e. The Hall–Kier alpha value is -1.59. The highest BCUT2D eigenvalue weighted by molar-refractivity contribution is 5.95. The molecule has 1 aromatic carbocycles. The number of amides is 1. The first kappa shape index (κ1) is 17.8. The molecule has 3 atom stereocenters. The third-order valence-corrected chi connectivity index (χ3v) is 6.66. The fraction of sp³-hybridized carbons (Fsp3) is 0.667. The second-order valence-electron chi connectivity index (χ2n) is 8.06. The van der Waals surface area contributed by atoms with E-state index in [-0.39, 0.29) is 23.7 Å². The number of hydrogen-bond donors (Lipinski definition) is 1. The largest absolute Gasteiger partial charge is 0.393 e. The van der Waals surface area contributed by atoms with Gasteiger partial charge in [0.25, 0.3) is 5.91 Å². The Morgan fingerprint density at radius 1 is 1.12 bits per heavy atom. The number of fused-ring (bicyclic) bond motifs is 1. The van der Waals surface area contributed by atoms with Crippen molar-refractivity contribution in [1.29, 1.82) is 0 Å². The van der Waals surface area contributed by atoms with Gasteiger partial charge in [-0.1, -0.05) is 0 Å². The molecule has 0 unspecified atom stereocenters. The summed E-state index contributed by atoms with van der Waals surface area (Å²) in [7, 11) is 1.74. The standard InChI is InChI=1S/C21H30N2O3/c1-26-21-10-9-18(24)15-19(21)23(14-11-21)20(25)16-5-7-17(8-6-16)22-12-3-2-4-13-22/h5-8,18-19,24H,2-4,9-15H2,1H3/t18-,19+,21-/m1/s1. The van der Waals surface area contributed by atoms with Crippen LogP contribution in [0.4, 0.5) is 5.69 Å². The molecule has 26 heavy (non-hydrogen) atoms. The fourth-order valence-corrected chi connectivity index (χ4v) is 5.05. The smallest absolute Gasteiger partial charge is 0.254 e. The summed E-state index contributed by atoms with van der Waals surface area (Å²) in [6.07, 6.45) is 6.54. The first-order valence-corrected chi connectivity index (χ1v) is 10.0. The van der Waals surface area contributed by atoms with Gasteiger partial charge in [0.15, 0.2) is 0 Å². The molecule has 1 aliphatic carbocycles. The first-order chi connectivity index (χ1) is 12.6. The molecule has 5 heteroatoms. The number of aliphatic hydroxyl groups is 1. The maximum atomic E-state index is 13.1. The predicted molar refractivity (Wildman–Crippen MR) is 102 cm³/mol. The number of rotatable bonds is 3. The van der Waals surface area contributed by atoms with Crippen LogP contribution in [0.1, 0.15) is 55.3 Å². The minimum absolute atomic E-state index is 0.0227. The SMILES string of the molecule is CO[C@@]12CC[C@@H](O)C[C@@H]1N(C(=O)c1ccc(N3CCCCC3)cc1)CC2. The monoisotopic (exact) mass is 358 g/mol. The number of ether oxygens (including phenoxy) is 1. The highest BCUT2D eigenvalue weighted by atomic mass is 16.5. The molecule has 1 saturated carbocycles. The quantitative estimate of drug-likeness (QED) is 0.903. The van der Waals surface area contributed by atoms with Crippen LogP contribution in [0.3, 0.4) is 0 Å². The minimum atomic E-state index is -0.335. The number of benzene rings is 1. The lowest BCUT2D eigenvalue weighted by Crippen LogP contribution is -2.52. The van der Waals surface area contributed by atoms with Gasteiger partial charge in [-0.15, -0.1) is 0 Å². The lowest BCUT2D eigenvalue weighted by atomic mass is 9.79. The van der Waals surface area contributed by atoms with E-state index in [9.17, 15) is 9.90 Å². The average Bonchev–Trinajstić information content (AvgIpc) is 3.07. The van der Waals surface area contributed by atoms with Crippen molar-refractivity contribution >= 4 is 11.6 Å². The van der Waals surface area contributed by atoms with Gasteiger partial charge in [0.1, 0.15) is 0 Å². The van der Waals surface area contributed by atoms with Gasteiger partial charge in [0.2, 0.25) is 0 Å². The van der Waals surface area contributed by atoms with Crippen molar-refractivity contribution in [1.82, 2.24) is 4.90 Å². The fourth-order valence-electron chi connectivity index (χ4n) is 5.05. The summed E-state index contributed by atoms with van der Waals surface area (Å²) >= 11 is 0. The lowest BCUT2D eigenvalue weighted by molar-refractivity contribution is -0.0824. The minimum Gasteiger partial charge on any atom is -0.393 e. The number of carbonyl (C=O) groups excluding carboxylic acids is 1. The Bertz CT molecular complexity index is 641. The van der Waals surface area contributed by atoms with E-state index in [4.69, 9.17) is 4.74 Å². The van der Waals surface area contributed by atoms with Gasteiger partial charge in [-0.25, -0.2) is 0 Å². The van der Waals surface area contributed by atoms with Crippen LogP contribution in [0, 0.1) is 0 Å². The summed E-state index contributed by atoms with van der Waals surface area (Å²) < 4.78 is 5.85. The molecule has 142 valence electrons. The van der Waals surface area contributed by atoms with E-state index in [1.165, 1.54) is 24.9 Å². The van der Waals surface area contributed by atoms with Gasteiger partial charge in [0, 0.05) is 38.0 Å². The zero-order valence-corrected chi connectivity index (χ0v) is 15.7. The second kappa shape index (κ2) is 7.20. The Morgan fingerprint density at radius 3 is 2.54 bits per heavy atom. The Morgan fingerprint density at radius 2 is 1.85 bits per heavy atom. The highest BCUT2D eigenvalue weighted by Crippen LogP contribution is 2.43. The third kappa shape index (κ3) is 3.12. The van der Waals surface area contributed by atoms with Crippen molar-refractivity contribution in [3.05, 3.63) is 29.8 Å². The van der Waals surface area contributed by atoms with Crippen LogP contribution in [-0.2, 0) is 4.74 Å². The van der Waals surface area contributed by atoms with Crippen molar-refractivity contribution in [3.8, 4) is 0 Å². The lowest BCUT2D eigenvalue weighted by Gasteiger charge is -2.42. The van der Waals surface area contributed by atoms with Gasteiger partial charge in [-0.2, -0.15) is 0 Å². The van der Waals surface area contributed by atoms with Crippen LogP contribution in [-0.4, -0.2) is 60.4 Å². The van der Waals surface area contributed by atoms with Crippen LogP contribution >= 0.6 is 0 Å². The number of likely N-dealkylation sites (tertiary alicyclic amines) is 1. The summed E-state index contributed by atoms with van der Waals surface area (Å²) in [5.74, 6) is 0.0632. The van der Waals surface area contributed by atoms with E-state index in [0.717, 1.165) is 37.9 Å². The van der Waals surface area contributed by atoms with E-state index in [1.807, 2.05) is 17.0 Å². The van der Waals surface area contributed by atoms with Gasteiger partial charge < -0.3 is 19.6 Å². The van der Waals surface area contributed by atoms with Gasteiger partial charge in [0.05, 0.1) is 17.7 Å². The summed E-state index contributed by atoms with van der Waals surface area (Å²) in [5.41, 5.74) is 1.67. The summed E-state index contributed by atoms with van der Waals surface area (Å²) in [4.78, 5) is 17.5. The molecule has 0 bridgehead atoms. The van der Waals surface area contributed by atoms with Gasteiger partial charge >= 0.3 is 0 Å².